The van der Waals surface area contributed by atoms with Gasteiger partial charge in [0, 0.05) is 48.1 Å². The molecule has 35 heavy (non-hydrogen) atoms. The molecule has 0 bridgehead atoms. The van der Waals surface area contributed by atoms with Crippen molar-refractivity contribution in [2.75, 3.05) is 0 Å². The highest BCUT2D eigenvalue weighted by Gasteiger charge is 2.26. The lowest BCUT2D eigenvalue weighted by Crippen LogP contribution is -2.40. The normalized spacial score (nSPS) is 21.9. The molecule has 2 aliphatic rings. The molecule has 4 nitrogen and oxygen atoms in total. The topological polar surface area (TPSA) is 60.0 Å². The summed E-state index contributed by atoms with van der Waals surface area (Å²) in [6.07, 6.45) is 13.6. The van der Waals surface area contributed by atoms with Crippen LogP contribution in [0.3, 0.4) is 0 Å². The summed E-state index contributed by atoms with van der Waals surface area (Å²) in [5.74, 6) is 0.955. The highest BCUT2D eigenvalue weighted by atomic mass is 35.5. The molecule has 3 N–H and O–H groups in total. The number of nitrogens with zero attached hydrogens (tertiary/aromatic N) is 1. The molecule has 2 aliphatic carbocycles. The van der Waals surface area contributed by atoms with Crippen molar-refractivity contribution in [3.63, 3.8) is 0 Å². The van der Waals surface area contributed by atoms with Crippen LogP contribution in [0.5, 0.6) is 0 Å². The number of carbonyl (C=O) groups is 1. The molecule has 1 heterocycles. The minimum atomic E-state index is 0. The van der Waals surface area contributed by atoms with Gasteiger partial charge in [-0.2, -0.15) is 0 Å². The van der Waals surface area contributed by atoms with Gasteiger partial charge in [0.2, 0.25) is 5.91 Å². The van der Waals surface area contributed by atoms with Crippen LogP contribution in [0.4, 0.5) is 0 Å². The Morgan fingerprint density at radius 3 is 2.34 bits per heavy atom. The van der Waals surface area contributed by atoms with Crippen molar-refractivity contribution in [2.45, 2.75) is 88.8 Å². The molecule has 1 amide bonds. The fraction of sp³-hybridized carbons (Fsp3) is 0.500. The number of hydrogen-bond acceptors (Lipinski definition) is 2. The SMILES string of the molecule is Cl.NC1CCC(NC(=O)CC(c2ccccc2)c2cn(CC3CCCCC3)c3ccccc23)CC1. The number of amides is 1. The Morgan fingerprint density at radius 1 is 0.914 bits per heavy atom. The van der Waals surface area contributed by atoms with Crippen molar-refractivity contribution in [3.05, 3.63) is 71.9 Å². The summed E-state index contributed by atoms with van der Waals surface area (Å²) in [5.41, 5.74) is 9.85. The minimum absolute atomic E-state index is 0. The number of nitrogens with one attached hydrogen (secondary N) is 1. The van der Waals surface area contributed by atoms with E-state index < -0.39 is 0 Å². The zero-order valence-corrected chi connectivity index (χ0v) is 21.5. The number of hydrogen-bond donors (Lipinski definition) is 2. The van der Waals surface area contributed by atoms with Crippen molar-refractivity contribution in [3.8, 4) is 0 Å². The van der Waals surface area contributed by atoms with Crippen LogP contribution < -0.4 is 11.1 Å². The van der Waals surface area contributed by atoms with Crippen molar-refractivity contribution in [1.29, 1.82) is 0 Å². The molecule has 0 aliphatic heterocycles. The standard InChI is InChI=1S/C30H39N3O.ClH/c31-24-15-17-25(18-16-24)32-30(34)19-27(23-11-5-2-6-12-23)28-21-33(20-22-9-3-1-4-10-22)29-14-8-7-13-26(28)29;/h2,5-8,11-14,21-22,24-25,27H,1,3-4,9-10,15-20,31H2,(H,32,34);1H. The van der Waals surface area contributed by atoms with Crippen molar-refractivity contribution >= 4 is 29.2 Å². The molecule has 2 saturated carbocycles. The number of fused-ring (bicyclic) bond motifs is 1. The molecule has 2 fully saturated rings. The fourth-order valence-electron chi connectivity index (χ4n) is 6.18. The molecule has 0 radical (unpaired) electrons. The number of halogens is 1. The first-order valence-corrected chi connectivity index (χ1v) is 13.3. The van der Waals surface area contributed by atoms with Gasteiger partial charge in [-0.05, 0) is 61.6 Å². The van der Waals surface area contributed by atoms with E-state index in [1.165, 1.54) is 54.1 Å². The Balaban J connectivity index is 0.00000289. The molecule has 5 rings (SSSR count). The predicted molar refractivity (Wildman–Crippen MR) is 147 cm³/mol. The van der Waals surface area contributed by atoms with Crippen LogP contribution in [0.2, 0.25) is 0 Å². The number of rotatable bonds is 7. The molecule has 188 valence electrons. The summed E-state index contributed by atoms with van der Waals surface area (Å²) in [6.45, 7) is 1.08. The van der Waals surface area contributed by atoms with Crippen LogP contribution >= 0.6 is 12.4 Å². The van der Waals surface area contributed by atoms with E-state index in [1.54, 1.807) is 0 Å². The minimum Gasteiger partial charge on any atom is -0.353 e. The average Bonchev–Trinajstić information content (AvgIpc) is 3.23. The van der Waals surface area contributed by atoms with E-state index in [1.807, 2.05) is 0 Å². The Labute approximate surface area is 216 Å². The predicted octanol–water partition coefficient (Wildman–Crippen LogP) is 6.55. The van der Waals surface area contributed by atoms with E-state index in [0.29, 0.717) is 12.5 Å². The molecule has 0 saturated heterocycles. The average molecular weight is 494 g/mol. The van der Waals surface area contributed by atoms with Gasteiger partial charge < -0.3 is 15.6 Å². The van der Waals surface area contributed by atoms with Crippen molar-refractivity contribution in [1.82, 2.24) is 9.88 Å². The lowest BCUT2D eigenvalue weighted by Gasteiger charge is -2.27. The first kappa shape index (κ1) is 25.8. The first-order chi connectivity index (χ1) is 16.7. The summed E-state index contributed by atoms with van der Waals surface area (Å²) < 4.78 is 2.47. The molecule has 5 heteroatoms. The van der Waals surface area contributed by atoms with Gasteiger partial charge in [-0.1, -0.05) is 67.8 Å². The molecular formula is C30H40ClN3O. The highest BCUT2D eigenvalue weighted by molar-refractivity contribution is 5.87. The smallest absolute Gasteiger partial charge is 0.221 e. The second kappa shape index (κ2) is 12.1. The number of aromatic nitrogens is 1. The van der Waals surface area contributed by atoms with Gasteiger partial charge in [0.05, 0.1) is 0 Å². The summed E-state index contributed by atoms with van der Waals surface area (Å²) in [7, 11) is 0. The van der Waals surface area contributed by atoms with E-state index in [2.05, 4.69) is 70.7 Å². The van der Waals surface area contributed by atoms with Crippen molar-refractivity contribution in [2.24, 2.45) is 11.7 Å². The maximum absolute atomic E-state index is 13.3. The van der Waals surface area contributed by atoms with Gasteiger partial charge in [0.25, 0.3) is 0 Å². The van der Waals surface area contributed by atoms with Crippen LogP contribution in [0.1, 0.15) is 81.3 Å². The molecule has 1 aromatic heterocycles. The number of nitrogens with two attached hydrogens (primary N) is 1. The Kier molecular flexibility index (Phi) is 8.91. The number of benzene rings is 2. The molecule has 2 aromatic carbocycles. The molecule has 1 atom stereocenters. The zero-order valence-electron chi connectivity index (χ0n) is 20.7. The summed E-state index contributed by atoms with van der Waals surface area (Å²) in [6, 6.07) is 19.9. The van der Waals surface area contributed by atoms with Crippen LogP contribution in [0.15, 0.2) is 60.8 Å². The quantitative estimate of drug-likeness (QED) is 0.392. The van der Waals surface area contributed by atoms with E-state index in [4.69, 9.17) is 5.73 Å². The van der Waals surface area contributed by atoms with Gasteiger partial charge in [0.1, 0.15) is 0 Å². The maximum atomic E-state index is 13.3. The van der Waals surface area contributed by atoms with Gasteiger partial charge in [-0.3, -0.25) is 4.79 Å². The molecule has 1 unspecified atom stereocenters. The Morgan fingerprint density at radius 2 is 1.60 bits per heavy atom. The molecular weight excluding hydrogens is 454 g/mol. The van der Waals surface area contributed by atoms with E-state index in [9.17, 15) is 4.79 Å². The third kappa shape index (κ3) is 6.29. The van der Waals surface area contributed by atoms with Crippen molar-refractivity contribution < 1.29 is 4.79 Å². The van der Waals surface area contributed by atoms with Gasteiger partial charge in [-0.15, -0.1) is 12.4 Å². The fourth-order valence-corrected chi connectivity index (χ4v) is 6.18. The molecule has 0 spiro atoms. The molecule has 3 aromatic rings. The lowest BCUT2D eigenvalue weighted by atomic mass is 9.87. The number of para-hydroxylation sites is 1. The van der Waals surface area contributed by atoms with Crippen LogP contribution in [0.25, 0.3) is 10.9 Å². The second-order valence-corrected chi connectivity index (χ2v) is 10.6. The van der Waals surface area contributed by atoms with Gasteiger partial charge in [0.15, 0.2) is 0 Å². The summed E-state index contributed by atoms with van der Waals surface area (Å²) in [4.78, 5) is 13.3. The highest BCUT2D eigenvalue weighted by Crippen LogP contribution is 2.36. The lowest BCUT2D eigenvalue weighted by molar-refractivity contribution is -0.122. The van der Waals surface area contributed by atoms with E-state index in [0.717, 1.165) is 38.1 Å². The summed E-state index contributed by atoms with van der Waals surface area (Å²) >= 11 is 0. The van der Waals surface area contributed by atoms with Gasteiger partial charge >= 0.3 is 0 Å². The van der Waals surface area contributed by atoms with Gasteiger partial charge in [-0.25, -0.2) is 0 Å². The second-order valence-electron chi connectivity index (χ2n) is 10.6. The van der Waals surface area contributed by atoms with Crippen LogP contribution in [-0.4, -0.2) is 22.6 Å². The third-order valence-corrected chi connectivity index (χ3v) is 8.10. The third-order valence-electron chi connectivity index (χ3n) is 8.10. The first-order valence-electron chi connectivity index (χ1n) is 13.3. The maximum Gasteiger partial charge on any atom is 0.221 e. The Bertz CT molecular complexity index is 1080. The van der Waals surface area contributed by atoms with E-state index in [-0.39, 0.29) is 30.3 Å². The largest absolute Gasteiger partial charge is 0.353 e. The van der Waals surface area contributed by atoms with Crippen LogP contribution in [-0.2, 0) is 11.3 Å². The van der Waals surface area contributed by atoms with E-state index >= 15 is 0 Å². The summed E-state index contributed by atoms with van der Waals surface area (Å²) in [5, 5.41) is 4.61. The van der Waals surface area contributed by atoms with Crippen LogP contribution in [0, 0.1) is 5.92 Å². The zero-order chi connectivity index (χ0) is 23.3. The monoisotopic (exact) mass is 493 g/mol. The number of carbonyl (C=O) groups excluding carboxylic acids is 1. The Hall–Kier alpha value is -2.30.